The largest absolute Gasteiger partial charge is 0.478 e. The Morgan fingerprint density at radius 3 is 2.46 bits per heavy atom. The van der Waals surface area contributed by atoms with Crippen LogP contribution in [0.3, 0.4) is 0 Å². The number of carbonyl (C=O) groups is 1. The summed E-state index contributed by atoms with van der Waals surface area (Å²) in [6.07, 6.45) is 7.76. The molecule has 0 unspecified atom stereocenters. The SMILES string of the molecule is C#Cc1ccc(/C=C/C(=O)O)cc1. The minimum atomic E-state index is -0.957. The maximum atomic E-state index is 10.2. The van der Waals surface area contributed by atoms with E-state index < -0.39 is 5.97 Å². The van der Waals surface area contributed by atoms with Crippen molar-refractivity contribution in [2.45, 2.75) is 0 Å². The van der Waals surface area contributed by atoms with Gasteiger partial charge in [0, 0.05) is 11.6 Å². The van der Waals surface area contributed by atoms with Crippen LogP contribution in [0, 0.1) is 12.3 Å². The van der Waals surface area contributed by atoms with Gasteiger partial charge in [-0.1, -0.05) is 18.1 Å². The van der Waals surface area contributed by atoms with Gasteiger partial charge in [0.2, 0.25) is 0 Å². The topological polar surface area (TPSA) is 37.3 Å². The molecule has 1 aromatic rings. The lowest BCUT2D eigenvalue weighted by Gasteiger charge is -1.92. The van der Waals surface area contributed by atoms with Gasteiger partial charge in [-0.05, 0) is 23.8 Å². The lowest BCUT2D eigenvalue weighted by Crippen LogP contribution is -1.85. The van der Waals surface area contributed by atoms with E-state index in [0.29, 0.717) is 0 Å². The maximum Gasteiger partial charge on any atom is 0.328 e. The zero-order chi connectivity index (χ0) is 9.68. The molecule has 64 valence electrons. The van der Waals surface area contributed by atoms with Crippen LogP contribution in [0.2, 0.25) is 0 Å². The Bertz CT molecular complexity index is 366. The van der Waals surface area contributed by atoms with E-state index >= 15 is 0 Å². The summed E-state index contributed by atoms with van der Waals surface area (Å²) in [4.78, 5) is 10.2. The van der Waals surface area contributed by atoms with Crippen LogP contribution in [0.1, 0.15) is 11.1 Å². The summed E-state index contributed by atoms with van der Waals surface area (Å²) in [7, 11) is 0. The van der Waals surface area contributed by atoms with Crippen LogP contribution in [0.25, 0.3) is 6.08 Å². The van der Waals surface area contributed by atoms with Crippen LogP contribution in [0.15, 0.2) is 30.3 Å². The Kier molecular flexibility index (Phi) is 2.88. The number of aliphatic carboxylic acids is 1. The average molecular weight is 172 g/mol. The Hall–Kier alpha value is -2.01. The third kappa shape index (κ3) is 2.84. The smallest absolute Gasteiger partial charge is 0.328 e. The van der Waals surface area contributed by atoms with Gasteiger partial charge in [0.15, 0.2) is 0 Å². The van der Waals surface area contributed by atoms with E-state index in [1.54, 1.807) is 24.3 Å². The highest BCUT2D eigenvalue weighted by atomic mass is 16.4. The Balaban J connectivity index is 2.82. The van der Waals surface area contributed by atoms with Crippen molar-refractivity contribution in [3.8, 4) is 12.3 Å². The molecular formula is C11H8O2. The third-order valence-corrected chi connectivity index (χ3v) is 1.50. The lowest BCUT2D eigenvalue weighted by molar-refractivity contribution is -0.131. The molecule has 0 aliphatic rings. The highest BCUT2D eigenvalue weighted by Crippen LogP contribution is 2.04. The number of carboxylic acids is 1. The Morgan fingerprint density at radius 1 is 1.38 bits per heavy atom. The molecule has 0 radical (unpaired) electrons. The molecule has 1 rings (SSSR count). The van der Waals surface area contributed by atoms with E-state index in [2.05, 4.69) is 5.92 Å². The summed E-state index contributed by atoms with van der Waals surface area (Å²) in [6.45, 7) is 0. The van der Waals surface area contributed by atoms with Crippen molar-refractivity contribution in [3.63, 3.8) is 0 Å². The minimum Gasteiger partial charge on any atom is -0.478 e. The summed E-state index contributed by atoms with van der Waals surface area (Å²) >= 11 is 0. The highest BCUT2D eigenvalue weighted by Gasteiger charge is 1.89. The molecule has 1 N–H and O–H groups in total. The van der Waals surface area contributed by atoms with Crippen LogP contribution in [0.5, 0.6) is 0 Å². The number of rotatable bonds is 2. The van der Waals surface area contributed by atoms with Crippen LogP contribution in [0.4, 0.5) is 0 Å². The summed E-state index contributed by atoms with van der Waals surface area (Å²) in [5.41, 5.74) is 1.61. The molecular weight excluding hydrogens is 164 g/mol. The van der Waals surface area contributed by atoms with Crippen LogP contribution >= 0.6 is 0 Å². The quantitative estimate of drug-likeness (QED) is 0.545. The molecule has 0 aliphatic heterocycles. The molecule has 0 spiro atoms. The van der Waals surface area contributed by atoms with Gasteiger partial charge >= 0.3 is 5.97 Å². The first-order chi connectivity index (χ1) is 6.22. The van der Waals surface area contributed by atoms with Gasteiger partial charge in [-0.15, -0.1) is 6.42 Å². The minimum absolute atomic E-state index is 0.785. The number of terminal acetylenes is 1. The first-order valence-corrected chi connectivity index (χ1v) is 3.70. The molecule has 0 heterocycles. The fourth-order valence-electron chi connectivity index (χ4n) is 0.858. The molecule has 13 heavy (non-hydrogen) atoms. The summed E-state index contributed by atoms with van der Waals surface area (Å²) in [5.74, 6) is 1.52. The van der Waals surface area contributed by atoms with E-state index in [1.807, 2.05) is 0 Å². The van der Waals surface area contributed by atoms with Crippen LogP contribution < -0.4 is 0 Å². The molecule has 0 fully saturated rings. The van der Waals surface area contributed by atoms with Gasteiger partial charge in [0.05, 0.1) is 0 Å². The molecule has 0 amide bonds. The number of hydrogen-bond donors (Lipinski definition) is 1. The summed E-state index contributed by atoms with van der Waals surface area (Å²) < 4.78 is 0. The zero-order valence-electron chi connectivity index (χ0n) is 6.90. The van der Waals surface area contributed by atoms with Gasteiger partial charge in [0.25, 0.3) is 0 Å². The second-order valence-corrected chi connectivity index (χ2v) is 2.44. The van der Waals surface area contributed by atoms with Crippen LogP contribution in [-0.4, -0.2) is 11.1 Å². The molecule has 0 aliphatic carbocycles. The van der Waals surface area contributed by atoms with Crippen molar-refractivity contribution in [2.24, 2.45) is 0 Å². The van der Waals surface area contributed by atoms with Gasteiger partial charge in [-0.2, -0.15) is 0 Å². The molecule has 1 aromatic carbocycles. The van der Waals surface area contributed by atoms with Gasteiger partial charge in [-0.25, -0.2) is 4.79 Å². The van der Waals surface area contributed by atoms with Crippen molar-refractivity contribution in [2.75, 3.05) is 0 Å². The lowest BCUT2D eigenvalue weighted by atomic mass is 10.1. The highest BCUT2D eigenvalue weighted by molar-refractivity contribution is 5.85. The van der Waals surface area contributed by atoms with E-state index in [9.17, 15) is 4.79 Å². The molecule has 0 saturated carbocycles. The van der Waals surface area contributed by atoms with E-state index in [-0.39, 0.29) is 0 Å². The second kappa shape index (κ2) is 4.13. The zero-order valence-corrected chi connectivity index (χ0v) is 6.90. The predicted molar refractivity (Wildman–Crippen MR) is 51.0 cm³/mol. The van der Waals surface area contributed by atoms with E-state index in [0.717, 1.165) is 17.2 Å². The predicted octanol–water partition coefficient (Wildman–Crippen LogP) is 1.77. The van der Waals surface area contributed by atoms with Crippen LogP contribution in [-0.2, 0) is 4.79 Å². The maximum absolute atomic E-state index is 10.2. The first-order valence-electron chi connectivity index (χ1n) is 3.70. The van der Waals surface area contributed by atoms with Crippen molar-refractivity contribution < 1.29 is 9.90 Å². The van der Waals surface area contributed by atoms with E-state index in [1.165, 1.54) is 6.08 Å². The number of benzene rings is 1. The average Bonchev–Trinajstić information content (AvgIpc) is 2.15. The fraction of sp³-hybridized carbons (Fsp3) is 0. The van der Waals surface area contributed by atoms with Crippen molar-refractivity contribution in [1.29, 1.82) is 0 Å². The number of hydrogen-bond acceptors (Lipinski definition) is 1. The van der Waals surface area contributed by atoms with Gasteiger partial charge in [0.1, 0.15) is 0 Å². The Labute approximate surface area is 76.5 Å². The second-order valence-electron chi connectivity index (χ2n) is 2.44. The number of carboxylic acid groups (broad SMARTS) is 1. The van der Waals surface area contributed by atoms with Crippen molar-refractivity contribution in [3.05, 3.63) is 41.5 Å². The summed E-state index contributed by atoms with van der Waals surface area (Å²) in [6, 6.07) is 7.08. The Morgan fingerprint density at radius 2 is 2.00 bits per heavy atom. The summed E-state index contributed by atoms with van der Waals surface area (Å²) in [5, 5.41) is 8.36. The normalized spacial score (nSPS) is 9.77. The molecule has 0 bridgehead atoms. The van der Waals surface area contributed by atoms with Gasteiger partial charge < -0.3 is 5.11 Å². The molecule has 0 aromatic heterocycles. The van der Waals surface area contributed by atoms with Crippen molar-refractivity contribution >= 4 is 12.0 Å². The molecule has 0 saturated heterocycles. The molecule has 2 nitrogen and oxygen atoms in total. The van der Waals surface area contributed by atoms with Crippen molar-refractivity contribution in [1.82, 2.24) is 0 Å². The standard InChI is InChI=1S/C11H8O2/c1-2-9-3-5-10(6-4-9)7-8-11(12)13/h1,3-8H,(H,12,13)/b8-7+. The molecule has 2 heteroatoms. The fourth-order valence-corrected chi connectivity index (χ4v) is 0.858. The third-order valence-electron chi connectivity index (χ3n) is 1.50. The first kappa shape index (κ1) is 9.08. The molecule has 0 atom stereocenters. The van der Waals surface area contributed by atoms with Gasteiger partial charge in [-0.3, -0.25) is 0 Å². The van der Waals surface area contributed by atoms with E-state index in [4.69, 9.17) is 11.5 Å². The monoisotopic (exact) mass is 172 g/mol.